The van der Waals surface area contributed by atoms with Crippen molar-refractivity contribution >= 4 is 11.0 Å². The fourth-order valence-corrected chi connectivity index (χ4v) is 5.60. The fourth-order valence-electron chi connectivity index (χ4n) is 5.60. The zero-order chi connectivity index (χ0) is 26.2. The van der Waals surface area contributed by atoms with Crippen LogP contribution in [0.4, 0.5) is 4.39 Å². The van der Waals surface area contributed by atoms with Crippen LogP contribution in [0.1, 0.15) is 55.2 Å². The first-order chi connectivity index (χ1) is 17.6. The van der Waals surface area contributed by atoms with Gasteiger partial charge in [-0.25, -0.2) is 4.39 Å². The Kier molecular flexibility index (Phi) is 6.78. The zero-order valence-electron chi connectivity index (χ0n) is 22.0. The first-order valence-electron chi connectivity index (χ1n) is 13.0. The van der Waals surface area contributed by atoms with Crippen LogP contribution in [-0.4, -0.2) is 12.1 Å². The second-order valence-electron chi connectivity index (χ2n) is 11.3. The third kappa shape index (κ3) is 5.39. The van der Waals surface area contributed by atoms with E-state index in [1.807, 2.05) is 30.3 Å². The molecule has 1 fully saturated rings. The lowest BCUT2D eigenvalue weighted by molar-refractivity contribution is 0.239. The van der Waals surface area contributed by atoms with Gasteiger partial charge in [-0.05, 0) is 56.4 Å². The normalized spacial score (nSPS) is 19.8. The standard InChI is InChI=1S/C32H35FN2O2/c1-21-10-12-24(13-11-21)32(34-20-31(3,4)35-32)19-22(2)16-28-27(17-23-8-6-5-7-9-23)30(36)26-15-14-25(33)18-29(26)37-28/h5-15,18,22,34-35H,16-17,19-20H2,1-4H3. The Balaban J connectivity index is 1.51. The summed E-state index contributed by atoms with van der Waals surface area (Å²) in [6.45, 7) is 9.53. The van der Waals surface area contributed by atoms with Crippen LogP contribution in [0.3, 0.4) is 0 Å². The largest absolute Gasteiger partial charge is 0.460 e. The summed E-state index contributed by atoms with van der Waals surface area (Å²) in [6.07, 6.45) is 1.85. The molecule has 37 heavy (non-hydrogen) atoms. The highest BCUT2D eigenvalue weighted by Gasteiger charge is 2.44. The minimum Gasteiger partial charge on any atom is -0.460 e. The lowest BCUT2D eigenvalue weighted by atomic mass is 9.86. The first kappa shape index (κ1) is 25.4. The number of benzene rings is 3. The van der Waals surface area contributed by atoms with Crippen molar-refractivity contribution in [2.45, 2.75) is 58.2 Å². The van der Waals surface area contributed by atoms with Crippen molar-refractivity contribution in [1.82, 2.24) is 10.6 Å². The van der Waals surface area contributed by atoms with Gasteiger partial charge in [0.05, 0.1) is 11.0 Å². The molecule has 5 rings (SSSR count). The molecule has 0 aliphatic carbocycles. The average Bonchev–Trinajstić information content (AvgIpc) is 3.17. The number of halogens is 1. The summed E-state index contributed by atoms with van der Waals surface area (Å²) >= 11 is 0. The second kappa shape index (κ2) is 9.88. The van der Waals surface area contributed by atoms with Crippen molar-refractivity contribution in [2.24, 2.45) is 5.92 Å². The van der Waals surface area contributed by atoms with Gasteiger partial charge in [-0.3, -0.25) is 15.4 Å². The smallest absolute Gasteiger partial charge is 0.196 e. The molecule has 3 aromatic carbocycles. The summed E-state index contributed by atoms with van der Waals surface area (Å²) in [4.78, 5) is 13.6. The number of fused-ring (bicyclic) bond motifs is 1. The van der Waals surface area contributed by atoms with Crippen LogP contribution in [0, 0.1) is 18.7 Å². The van der Waals surface area contributed by atoms with Gasteiger partial charge in [0.1, 0.15) is 17.2 Å². The van der Waals surface area contributed by atoms with Gasteiger partial charge in [0, 0.05) is 36.6 Å². The summed E-state index contributed by atoms with van der Waals surface area (Å²) in [5, 5.41) is 8.03. The van der Waals surface area contributed by atoms with Crippen LogP contribution >= 0.6 is 0 Å². The van der Waals surface area contributed by atoms with Gasteiger partial charge >= 0.3 is 0 Å². The highest BCUT2D eigenvalue weighted by molar-refractivity contribution is 5.77. The molecule has 0 bridgehead atoms. The van der Waals surface area contributed by atoms with Crippen molar-refractivity contribution in [1.29, 1.82) is 0 Å². The van der Waals surface area contributed by atoms with E-state index in [-0.39, 0.29) is 22.5 Å². The van der Waals surface area contributed by atoms with E-state index >= 15 is 0 Å². The zero-order valence-corrected chi connectivity index (χ0v) is 22.0. The summed E-state index contributed by atoms with van der Waals surface area (Å²) < 4.78 is 20.3. The molecular formula is C32H35FN2O2. The Morgan fingerprint density at radius 1 is 1.03 bits per heavy atom. The Morgan fingerprint density at radius 2 is 1.76 bits per heavy atom. The molecule has 2 N–H and O–H groups in total. The monoisotopic (exact) mass is 498 g/mol. The fraction of sp³-hybridized carbons (Fsp3) is 0.344. The Hall–Kier alpha value is -3.28. The minimum absolute atomic E-state index is 0.0594. The molecule has 1 aliphatic heterocycles. The number of nitrogens with one attached hydrogen (secondary N) is 2. The Labute approximate surface area is 217 Å². The molecule has 0 radical (unpaired) electrons. The SMILES string of the molecule is Cc1ccc(C2(CC(C)Cc3oc4cc(F)ccc4c(=O)c3Cc3ccccc3)NCC(C)(C)N2)cc1. The van der Waals surface area contributed by atoms with Crippen LogP contribution < -0.4 is 16.1 Å². The second-order valence-corrected chi connectivity index (χ2v) is 11.3. The lowest BCUT2D eigenvalue weighted by Crippen LogP contribution is -2.50. The van der Waals surface area contributed by atoms with Gasteiger partial charge in [-0.15, -0.1) is 0 Å². The summed E-state index contributed by atoms with van der Waals surface area (Å²) in [5.41, 5.74) is 3.88. The van der Waals surface area contributed by atoms with Crippen LogP contribution in [-0.2, 0) is 18.5 Å². The topological polar surface area (TPSA) is 54.3 Å². The average molecular weight is 499 g/mol. The molecule has 0 amide bonds. The van der Waals surface area contributed by atoms with Crippen molar-refractivity contribution in [3.63, 3.8) is 0 Å². The molecule has 4 aromatic rings. The molecule has 0 spiro atoms. The molecule has 2 atom stereocenters. The van der Waals surface area contributed by atoms with Gasteiger partial charge in [0.15, 0.2) is 5.43 Å². The van der Waals surface area contributed by atoms with E-state index in [1.54, 1.807) is 0 Å². The van der Waals surface area contributed by atoms with Crippen LogP contribution in [0.5, 0.6) is 0 Å². The van der Waals surface area contributed by atoms with E-state index in [9.17, 15) is 9.18 Å². The van der Waals surface area contributed by atoms with E-state index in [4.69, 9.17) is 4.42 Å². The molecule has 1 aliphatic rings. The van der Waals surface area contributed by atoms with Crippen molar-refractivity contribution in [2.75, 3.05) is 6.54 Å². The molecule has 2 heterocycles. The van der Waals surface area contributed by atoms with E-state index in [1.165, 1.54) is 29.3 Å². The maximum absolute atomic E-state index is 14.0. The molecule has 0 saturated carbocycles. The minimum atomic E-state index is -0.412. The molecule has 4 nitrogen and oxygen atoms in total. The molecule has 5 heteroatoms. The molecule has 2 unspecified atom stereocenters. The predicted molar refractivity (Wildman–Crippen MR) is 147 cm³/mol. The van der Waals surface area contributed by atoms with E-state index in [0.717, 1.165) is 18.5 Å². The maximum Gasteiger partial charge on any atom is 0.196 e. The Morgan fingerprint density at radius 3 is 2.43 bits per heavy atom. The van der Waals surface area contributed by atoms with Crippen LogP contribution in [0.15, 0.2) is 82.0 Å². The van der Waals surface area contributed by atoms with Gasteiger partial charge < -0.3 is 4.42 Å². The van der Waals surface area contributed by atoms with Gasteiger partial charge in [0.25, 0.3) is 0 Å². The third-order valence-corrected chi connectivity index (χ3v) is 7.37. The van der Waals surface area contributed by atoms with Crippen LogP contribution in [0.2, 0.25) is 0 Å². The highest BCUT2D eigenvalue weighted by atomic mass is 19.1. The predicted octanol–water partition coefficient (Wildman–Crippen LogP) is 6.22. The summed E-state index contributed by atoms with van der Waals surface area (Å²) in [7, 11) is 0. The van der Waals surface area contributed by atoms with Crippen molar-refractivity contribution in [3.8, 4) is 0 Å². The number of hydrogen-bond donors (Lipinski definition) is 2. The highest BCUT2D eigenvalue weighted by Crippen LogP contribution is 2.35. The van der Waals surface area contributed by atoms with Gasteiger partial charge in [0.2, 0.25) is 0 Å². The molecule has 1 aromatic heterocycles. The number of hydrogen-bond acceptors (Lipinski definition) is 4. The third-order valence-electron chi connectivity index (χ3n) is 7.37. The number of aryl methyl sites for hydroxylation is 1. The van der Waals surface area contributed by atoms with Gasteiger partial charge in [-0.2, -0.15) is 0 Å². The number of rotatable bonds is 7. The summed E-state index contributed by atoms with van der Waals surface area (Å²) in [5.74, 6) is 0.389. The summed E-state index contributed by atoms with van der Waals surface area (Å²) in [6, 6.07) is 22.8. The molecular weight excluding hydrogens is 463 g/mol. The first-order valence-corrected chi connectivity index (χ1v) is 13.0. The maximum atomic E-state index is 14.0. The molecule has 1 saturated heterocycles. The van der Waals surface area contributed by atoms with Crippen molar-refractivity contribution in [3.05, 3.63) is 117 Å². The molecule has 192 valence electrons. The van der Waals surface area contributed by atoms with E-state index in [2.05, 4.69) is 62.6 Å². The lowest BCUT2D eigenvalue weighted by Gasteiger charge is -2.35. The Bertz CT molecular complexity index is 1460. The van der Waals surface area contributed by atoms with Crippen molar-refractivity contribution < 1.29 is 8.81 Å². The van der Waals surface area contributed by atoms with Gasteiger partial charge in [-0.1, -0.05) is 67.1 Å². The van der Waals surface area contributed by atoms with E-state index in [0.29, 0.717) is 35.1 Å². The van der Waals surface area contributed by atoms with E-state index < -0.39 is 5.82 Å². The quantitative estimate of drug-likeness (QED) is 0.317. The van der Waals surface area contributed by atoms with Crippen LogP contribution in [0.25, 0.3) is 11.0 Å².